The smallest absolute Gasteiger partial charge is 0.149 e. The lowest BCUT2D eigenvalue weighted by atomic mass is 10.2. The third-order valence-corrected chi connectivity index (χ3v) is 2.86. The van der Waals surface area contributed by atoms with Gasteiger partial charge in [0.1, 0.15) is 11.6 Å². The van der Waals surface area contributed by atoms with Crippen molar-refractivity contribution in [1.29, 1.82) is 0 Å². The van der Waals surface area contributed by atoms with Crippen molar-refractivity contribution in [3.63, 3.8) is 0 Å². The average molecular weight is 208 g/mol. The van der Waals surface area contributed by atoms with Gasteiger partial charge in [-0.3, -0.25) is 0 Å². The molecule has 1 unspecified atom stereocenters. The van der Waals surface area contributed by atoms with Crippen LogP contribution in [-0.4, -0.2) is 21.3 Å². The molecule has 1 atom stereocenters. The molecule has 2 heterocycles. The van der Waals surface area contributed by atoms with E-state index in [1.54, 1.807) is 0 Å². The van der Waals surface area contributed by atoms with E-state index in [4.69, 9.17) is 0 Å². The highest BCUT2D eigenvalue weighted by Gasteiger charge is 2.20. The first-order chi connectivity index (χ1) is 7.18. The van der Waals surface area contributed by atoms with Crippen molar-refractivity contribution in [2.45, 2.75) is 46.2 Å². The first-order valence-corrected chi connectivity index (χ1v) is 5.84. The van der Waals surface area contributed by atoms with Crippen LogP contribution in [0.4, 0.5) is 0 Å². The van der Waals surface area contributed by atoms with E-state index in [1.165, 1.54) is 6.42 Å². The largest absolute Gasteiger partial charge is 0.314 e. The summed E-state index contributed by atoms with van der Waals surface area (Å²) in [5, 5.41) is 12.0. The molecule has 0 radical (unpaired) electrons. The second-order valence-electron chi connectivity index (χ2n) is 4.75. The normalized spacial score (nSPS) is 17.1. The quantitative estimate of drug-likeness (QED) is 0.816. The van der Waals surface area contributed by atoms with E-state index in [0.29, 0.717) is 12.0 Å². The van der Waals surface area contributed by atoms with Crippen LogP contribution in [-0.2, 0) is 13.0 Å². The van der Waals surface area contributed by atoms with Gasteiger partial charge in [0.15, 0.2) is 0 Å². The monoisotopic (exact) mass is 208 g/mol. The van der Waals surface area contributed by atoms with Gasteiger partial charge in [0.25, 0.3) is 0 Å². The summed E-state index contributed by atoms with van der Waals surface area (Å²) >= 11 is 0. The van der Waals surface area contributed by atoms with Crippen LogP contribution in [0.1, 0.15) is 44.9 Å². The number of fused-ring (bicyclic) bond motifs is 1. The van der Waals surface area contributed by atoms with Gasteiger partial charge in [0, 0.05) is 13.0 Å². The van der Waals surface area contributed by atoms with E-state index < -0.39 is 0 Å². The molecule has 0 amide bonds. The van der Waals surface area contributed by atoms with Crippen LogP contribution in [0.5, 0.6) is 0 Å². The van der Waals surface area contributed by atoms with Crippen molar-refractivity contribution in [2.75, 3.05) is 6.54 Å². The van der Waals surface area contributed by atoms with Gasteiger partial charge in [-0.25, -0.2) is 0 Å². The summed E-state index contributed by atoms with van der Waals surface area (Å²) in [5.41, 5.74) is 0. The summed E-state index contributed by atoms with van der Waals surface area (Å²) in [7, 11) is 0. The van der Waals surface area contributed by atoms with Gasteiger partial charge in [-0.05, 0) is 25.8 Å². The van der Waals surface area contributed by atoms with Crippen LogP contribution < -0.4 is 5.32 Å². The van der Waals surface area contributed by atoms with E-state index in [2.05, 4.69) is 40.9 Å². The minimum atomic E-state index is 0.312. The minimum Gasteiger partial charge on any atom is -0.314 e. The fourth-order valence-electron chi connectivity index (χ4n) is 2.00. The molecule has 1 aromatic heterocycles. The van der Waals surface area contributed by atoms with Crippen molar-refractivity contribution in [2.24, 2.45) is 5.92 Å². The maximum Gasteiger partial charge on any atom is 0.149 e. The van der Waals surface area contributed by atoms with E-state index in [-0.39, 0.29) is 0 Å². The molecule has 4 nitrogen and oxygen atoms in total. The molecule has 4 heteroatoms. The standard InChI is InChI=1S/C11H20N4/c1-8(2)7-12-9(3)11-14-13-10-5-4-6-15(10)11/h8-9,12H,4-7H2,1-3H3. The van der Waals surface area contributed by atoms with Crippen LogP contribution in [0.15, 0.2) is 0 Å². The average Bonchev–Trinajstić information content (AvgIpc) is 2.74. The highest BCUT2D eigenvalue weighted by Crippen LogP contribution is 2.18. The zero-order valence-electron chi connectivity index (χ0n) is 9.82. The topological polar surface area (TPSA) is 42.7 Å². The van der Waals surface area contributed by atoms with Gasteiger partial charge in [0.05, 0.1) is 6.04 Å². The van der Waals surface area contributed by atoms with Gasteiger partial charge in [0.2, 0.25) is 0 Å². The van der Waals surface area contributed by atoms with E-state index >= 15 is 0 Å². The molecule has 84 valence electrons. The number of hydrogen-bond acceptors (Lipinski definition) is 3. The Labute approximate surface area is 91.1 Å². The lowest BCUT2D eigenvalue weighted by Crippen LogP contribution is -2.25. The number of aromatic nitrogens is 3. The van der Waals surface area contributed by atoms with Gasteiger partial charge in [-0.1, -0.05) is 13.8 Å². The maximum absolute atomic E-state index is 4.27. The van der Waals surface area contributed by atoms with Crippen LogP contribution in [0, 0.1) is 5.92 Å². The lowest BCUT2D eigenvalue weighted by Gasteiger charge is -2.15. The minimum absolute atomic E-state index is 0.312. The Balaban J connectivity index is 2.02. The zero-order valence-corrected chi connectivity index (χ0v) is 9.82. The Morgan fingerprint density at radius 2 is 2.13 bits per heavy atom. The third kappa shape index (κ3) is 2.20. The van der Waals surface area contributed by atoms with Gasteiger partial charge < -0.3 is 9.88 Å². The molecule has 1 N–H and O–H groups in total. The fourth-order valence-corrected chi connectivity index (χ4v) is 2.00. The first-order valence-electron chi connectivity index (χ1n) is 5.84. The molecule has 0 aliphatic carbocycles. The molecule has 0 bridgehead atoms. The summed E-state index contributed by atoms with van der Waals surface area (Å²) in [4.78, 5) is 0. The van der Waals surface area contributed by atoms with Crippen LogP contribution >= 0.6 is 0 Å². The molecule has 0 fully saturated rings. The summed E-state index contributed by atoms with van der Waals surface area (Å²) in [5.74, 6) is 2.93. The van der Waals surface area contributed by atoms with Crippen molar-refractivity contribution in [1.82, 2.24) is 20.1 Å². The van der Waals surface area contributed by atoms with E-state index in [1.807, 2.05) is 0 Å². The Kier molecular flexibility index (Phi) is 3.05. The molecule has 2 rings (SSSR count). The summed E-state index contributed by atoms with van der Waals surface area (Å²) in [6.07, 6.45) is 2.30. The van der Waals surface area contributed by atoms with E-state index in [9.17, 15) is 0 Å². The molecular formula is C11H20N4. The molecule has 1 aliphatic heterocycles. The SMILES string of the molecule is CC(C)CNC(C)c1nnc2n1CCC2. The fraction of sp³-hybridized carbons (Fsp3) is 0.818. The third-order valence-electron chi connectivity index (χ3n) is 2.86. The Morgan fingerprint density at radius 1 is 1.33 bits per heavy atom. The predicted octanol–water partition coefficient (Wildman–Crippen LogP) is 1.53. The summed E-state index contributed by atoms with van der Waals surface area (Å²) < 4.78 is 2.26. The molecule has 0 saturated carbocycles. The molecule has 15 heavy (non-hydrogen) atoms. The van der Waals surface area contributed by atoms with E-state index in [0.717, 1.165) is 31.2 Å². The lowest BCUT2D eigenvalue weighted by molar-refractivity contribution is 0.467. The van der Waals surface area contributed by atoms with Crippen molar-refractivity contribution < 1.29 is 0 Å². The molecular weight excluding hydrogens is 188 g/mol. The maximum atomic E-state index is 4.27. The van der Waals surface area contributed by atoms with Gasteiger partial charge in [-0.15, -0.1) is 10.2 Å². The molecule has 0 saturated heterocycles. The molecule has 0 aromatic carbocycles. The van der Waals surface area contributed by atoms with Crippen molar-refractivity contribution in [3.8, 4) is 0 Å². The van der Waals surface area contributed by atoms with Crippen LogP contribution in [0.2, 0.25) is 0 Å². The van der Waals surface area contributed by atoms with Crippen LogP contribution in [0.3, 0.4) is 0 Å². The molecule has 1 aliphatic rings. The number of nitrogens with one attached hydrogen (secondary N) is 1. The van der Waals surface area contributed by atoms with Crippen LogP contribution in [0.25, 0.3) is 0 Å². The van der Waals surface area contributed by atoms with Gasteiger partial charge >= 0.3 is 0 Å². The summed E-state index contributed by atoms with van der Waals surface area (Å²) in [6, 6.07) is 0.312. The highest BCUT2D eigenvalue weighted by molar-refractivity contribution is 5.03. The first kappa shape index (κ1) is 10.6. The number of hydrogen-bond donors (Lipinski definition) is 1. The van der Waals surface area contributed by atoms with Gasteiger partial charge in [-0.2, -0.15) is 0 Å². The Bertz CT molecular complexity index is 329. The second-order valence-corrected chi connectivity index (χ2v) is 4.75. The Hall–Kier alpha value is -0.900. The number of nitrogens with zero attached hydrogens (tertiary/aromatic N) is 3. The van der Waals surface area contributed by atoms with Crippen molar-refractivity contribution in [3.05, 3.63) is 11.6 Å². The predicted molar refractivity (Wildman–Crippen MR) is 59.6 cm³/mol. The second kappa shape index (κ2) is 4.31. The Morgan fingerprint density at radius 3 is 2.87 bits per heavy atom. The summed E-state index contributed by atoms with van der Waals surface area (Å²) in [6.45, 7) is 8.72. The number of rotatable bonds is 4. The molecule has 0 spiro atoms. The zero-order chi connectivity index (χ0) is 10.8. The van der Waals surface area contributed by atoms with Crippen molar-refractivity contribution >= 4 is 0 Å². The highest BCUT2D eigenvalue weighted by atomic mass is 15.3. The number of aryl methyl sites for hydroxylation is 1. The molecule has 1 aromatic rings.